The van der Waals surface area contributed by atoms with Gasteiger partial charge in [0.05, 0.1) is 12.1 Å². The summed E-state index contributed by atoms with van der Waals surface area (Å²) < 4.78 is 1.76. The molecule has 4 heteroatoms. The van der Waals surface area contributed by atoms with Gasteiger partial charge in [-0.25, -0.2) is 0 Å². The van der Waals surface area contributed by atoms with E-state index in [0.29, 0.717) is 0 Å². The van der Waals surface area contributed by atoms with Crippen molar-refractivity contribution >= 4 is 5.97 Å². The fraction of sp³-hybridized carbons (Fsp3) is 0.556. The molecule has 1 aromatic rings. The number of carbonyl (C=O) groups is 1. The highest BCUT2D eigenvalue weighted by Gasteiger charge is 2.27. The van der Waals surface area contributed by atoms with Crippen LogP contribution in [0.25, 0.3) is 0 Å². The van der Waals surface area contributed by atoms with Crippen molar-refractivity contribution in [1.29, 1.82) is 0 Å². The Morgan fingerprint density at radius 2 is 2.62 bits per heavy atom. The summed E-state index contributed by atoms with van der Waals surface area (Å²) in [5, 5.41) is 13.0. The lowest BCUT2D eigenvalue weighted by Gasteiger charge is -2.04. The van der Waals surface area contributed by atoms with E-state index in [1.165, 1.54) is 5.56 Å². The summed E-state index contributed by atoms with van der Waals surface area (Å²) in [7, 11) is 1.87. The first kappa shape index (κ1) is 8.29. The van der Waals surface area contributed by atoms with Gasteiger partial charge in [-0.15, -0.1) is 0 Å². The molecule has 1 aliphatic rings. The fourth-order valence-electron chi connectivity index (χ4n) is 1.97. The SMILES string of the molecule is Cn1cc2c(n1)C(CC(=O)O)CC2. The molecule has 0 amide bonds. The molecule has 1 N–H and O–H groups in total. The summed E-state index contributed by atoms with van der Waals surface area (Å²) in [6, 6.07) is 0. The van der Waals surface area contributed by atoms with Crippen LogP contribution in [-0.2, 0) is 18.3 Å². The molecule has 0 aliphatic heterocycles. The van der Waals surface area contributed by atoms with E-state index in [2.05, 4.69) is 5.10 Å². The molecule has 0 radical (unpaired) electrons. The lowest BCUT2D eigenvalue weighted by molar-refractivity contribution is -0.137. The normalized spacial score (nSPS) is 20.2. The Kier molecular flexibility index (Phi) is 1.83. The zero-order valence-electron chi connectivity index (χ0n) is 7.53. The maximum absolute atomic E-state index is 10.5. The van der Waals surface area contributed by atoms with Crippen molar-refractivity contribution in [3.8, 4) is 0 Å². The van der Waals surface area contributed by atoms with E-state index in [1.807, 2.05) is 13.2 Å². The number of aryl methyl sites for hydroxylation is 2. The van der Waals surface area contributed by atoms with Crippen molar-refractivity contribution in [3.63, 3.8) is 0 Å². The molecule has 4 nitrogen and oxygen atoms in total. The molecule has 70 valence electrons. The minimum Gasteiger partial charge on any atom is -0.481 e. The number of hydrogen-bond donors (Lipinski definition) is 1. The van der Waals surface area contributed by atoms with Crippen LogP contribution < -0.4 is 0 Å². The molecule has 13 heavy (non-hydrogen) atoms. The van der Waals surface area contributed by atoms with Crippen LogP contribution in [0, 0.1) is 0 Å². The van der Waals surface area contributed by atoms with Crippen molar-refractivity contribution in [3.05, 3.63) is 17.5 Å². The first-order chi connectivity index (χ1) is 6.16. The van der Waals surface area contributed by atoms with Gasteiger partial charge in [-0.3, -0.25) is 9.48 Å². The number of fused-ring (bicyclic) bond motifs is 1. The molecule has 0 saturated carbocycles. The summed E-state index contributed by atoms with van der Waals surface area (Å²) in [5.41, 5.74) is 2.21. The van der Waals surface area contributed by atoms with Crippen molar-refractivity contribution < 1.29 is 9.90 Å². The molecule has 0 fully saturated rings. The molecule has 0 saturated heterocycles. The number of aromatic nitrogens is 2. The van der Waals surface area contributed by atoms with Crippen LogP contribution in [-0.4, -0.2) is 20.9 Å². The maximum Gasteiger partial charge on any atom is 0.304 e. The number of rotatable bonds is 2. The Labute approximate surface area is 76.2 Å². The van der Waals surface area contributed by atoms with Gasteiger partial charge in [0.25, 0.3) is 0 Å². The van der Waals surface area contributed by atoms with Gasteiger partial charge in [0.15, 0.2) is 0 Å². The lowest BCUT2D eigenvalue weighted by Crippen LogP contribution is -2.04. The smallest absolute Gasteiger partial charge is 0.304 e. The van der Waals surface area contributed by atoms with E-state index in [4.69, 9.17) is 5.11 Å². The van der Waals surface area contributed by atoms with Gasteiger partial charge in [-0.05, 0) is 18.4 Å². The van der Waals surface area contributed by atoms with Crippen molar-refractivity contribution in [2.75, 3.05) is 0 Å². The number of aliphatic carboxylic acids is 1. The molecule has 1 aliphatic carbocycles. The maximum atomic E-state index is 10.5. The second kappa shape index (κ2) is 2.87. The number of carboxylic acids is 1. The molecular formula is C9H12N2O2. The van der Waals surface area contributed by atoms with E-state index in [1.54, 1.807) is 4.68 Å². The second-order valence-corrected chi connectivity index (χ2v) is 3.55. The van der Waals surface area contributed by atoms with E-state index in [-0.39, 0.29) is 12.3 Å². The minimum atomic E-state index is -0.733. The molecule has 0 spiro atoms. The summed E-state index contributed by atoms with van der Waals surface area (Å²) in [6.45, 7) is 0. The predicted octanol–water partition coefficient (Wildman–Crippen LogP) is 0.925. The van der Waals surface area contributed by atoms with Gasteiger partial charge in [-0.2, -0.15) is 5.10 Å². The number of hydrogen-bond acceptors (Lipinski definition) is 2. The highest BCUT2D eigenvalue weighted by atomic mass is 16.4. The van der Waals surface area contributed by atoms with Crippen molar-refractivity contribution in [1.82, 2.24) is 9.78 Å². The van der Waals surface area contributed by atoms with Crippen molar-refractivity contribution in [2.45, 2.75) is 25.2 Å². The van der Waals surface area contributed by atoms with Crippen LogP contribution in [0.3, 0.4) is 0 Å². The summed E-state index contributed by atoms with van der Waals surface area (Å²) >= 11 is 0. The van der Waals surface area contributed by atoms with Crippen LogP contribution in [0.1, 0.15) is 30.0 Å². The predicted molar refractivity (Wildman–Crippen MR) is 46.5 cm³/mol. The zero-order chi connectivity index (χ0) is 9.42. The average Bonchev–Trinajstić information content (AvgIpc) is 2.51. The van der Waals surface area contributed by atoms with E-state index >= 15 is 0 Å². The molecule has 1 aromatic heterocycles. The van der Waals surface area contributed by atoms with Gasteiger partial charge in [0, 0.05) is 19.2 Å². The van der Waals surface area contributed by atoms with Gasteiger partial charge < -0.3 is 5.11 Å². The molecule has 2 rings (SSSR count). The zero-order valence-corrected chi connectivity index (χ0v) is 7.53. The standard InChI is InChI=1S/C9H12N2O2/c1-11-5-7-3-2-6(4-8(12)13)9(7)10-11/h5-6H,2-4H2,1H3,(H,12,13). The summed E-state index contributed by atoms with van der Waals surface area (Å²) in [4.78, 5) is 10.5. The van der Waals surface area contributed by atoms with Gasteiger partial charge in [-0.1, -0.05) is 0 Å². The quantitative estimate of drug-likeness (QED) is 0.736. The van der Waals surface area contributed by atoms with Gasteiger partial charge in [0.2, 0.25) is 0 Å². The molecular weight excluding hydrogens is 168 g/mol. The number of carboxylic acid groups (broad SMARTS) is 1. The monoisotopic (exact) mass is 180 g/mol. The third-order valence-electron chi connectivity index (χ3n) is 2.51. The van der Waals surface area contributed by atoms with Crippen LogP contribution >= 0.6 is 0 Å². The Morgan fingerprint density at radius 1 is 1.85 bits per heavy atom. The molecule has 1 heterocycles. The van der Waals surface area contributed by atoms with Crippen molar-refractivity contribution in [2.24, 2.45) is 7.05 Å². The summed E-state index contributed by atoms with van der Waals surface area (Å²) in [5.74, 6) is -0.600. The van der Waals surface area contributed by atoms with E-state index in [0.717, 1.165) is 18.5 Å². The molecule has 0 bridgehead atoms. The Morgan fingerprint density at radius 3 is 3.31 bits per heavy atom. The van der Waals surface area contributed by atoms with Gasteiger partial charge >= 0.3 is 5.97 Å². The number of nitrogens with zero attached hydrogens (tertiary/aromatic N) is 2. The highest BCUT2D eigenvalue weighted by Crippen LogP contribution is 2.33. The molecule has 0 aromatic carbocycles. The Balaban J connectivity index is 2.22. The first-order valence-electron chi connectivity index (χ1n) is 4.41. The van der Waals surface area contributed by atoms with E-state index < -0.39 is 5.97 Å². The Bertz CT molecular complexity index is 343. The largest absolute Gasteiger partial charge is 0.481 e. The minimum absolute atomic E-state index is 0.133. The van der Waals surface area contributed by atoms with Crippen LogP contribution in [0.4, 0.5) is 0 Å². The van der Waals surface area contributed by atoms with Crippen LogP contribution in [0.5, 0.6) is 0 Å². The second-order valence-electron chi connectivity index (χ2n) is 3.55. The average molecular weight is 180 g/mol. The lowest BCUT2D eigenvalue weighted by atomic mass is 10.0. The van der Waals surface area contributed by atoms with E-state index in [9.17, 15) is 4.79 Å². The third-order valence-corrected chi connectivity index (χ3v) is 2.51. The molecule has 1 unspecified atom stereocenters. The fourth-order valence-corrected chi connectivity index (χ4v) is 1.97. The summed E-state index contributed by atoms with van der Waals surface area (Å²) in [6.07, 6.45) is 4.10. The first-order valence-corrected chi connectivity index (χ1v) is 4.41. The molecule has 1 atom stereocenters. The van der Waals surface area contributed by atoms with Crippen LogP contribution in [0.2, 0.25) is 0 Å². The highest BCUT2D eigenvalue weighted by molar-refractivity contribution is 5.68. The van der Waals surface area contributed by atoms with Gasteiger partial charge in [0.1, 0.15) is 0 Å². The van der Waals surface area contributed by atoms with Crippen LogP contribution in [0.15, 0.2) is 6.20 Å². The topological polar surface area (TPSA) is 55.1 Å². The third kappa shape index (κ3) is 1.43. The Hall–Kier alpha value is -1.32.